The van der Waals surface area contributed by atoms with Crippen molar-refractivity contribution >= 4 is 5.97 Å². The van der Waals surface area contributed by atoms with Gasteiger partial charge in [-0.25, -0.2) is 0 Å². The number of hydrogen-bond donors (Lipinski definition) is 2. The Hall–Kier alpha value is -0.650. The lowest BCUT2D eigenvalue weighted by molar-refractivity contribution is -0.143. The Morgan fingerprint density at radius 3 is 2.35 bits per heavy atom. The highest BCUT2D eigenvalue weighted by Gasteiger charge is 2.43. The van der Waals surface area contributed by atoms with Gasteiger partial charge in [-0.05, 0) is 58.4 Å². The van der Waals surface area contributed by atoms with Gasteiger partial charge in [-0.15, -0.1) is 0 Å². The maximum absolute atomic E-state index is 11.2. The lowest BCUT2D eigenvalue weighted by Crippen LogP contribution is -2.47. The smallest absolute Gasteiger partial charge is 0.323 e. The zero-order chi connectivity index (χ0) is 15.2. The maximum atomic E-state index is 11.2. The largest absolute Gasteiger partial charge is 0.480 e. The molecule has 1 aliphatic carbocycles. The molecule has 5 heteroatoms. The molecule has 0 heterocycles. The molecule has 1 fully saturated rings. The molecule has 2 unspecified atom stereocenters. The van der Waals surface area contributed by atoms with E-state index in [1.165, 1.54) is 0 Å². The van der Waals surface area contributed by atoms with Crippen molar-refractivity contribution in [2.24, 2.45) is 5.73 Å². The number of carboxylic acids is 1. The van der Waals surface area contributed by atoms with Crippen molar-refractivity contribution in [2.45, 2.75) is 58.0 Å². The van der Waals surface area contributed by atoms with E-state index >= 15 is 0 Å². The van der Waals surface area contributed by atoms with Crippen LogP contribution >= 0.6 is 0 Å². The summed E-state index contributed by atoms with van der Waals surface area (Å²) >= 11 is 0. The molecule has 0 aliphatic heterocycles. The van der Waals surface area contributed by atoms with Gasteiger partial charge in [0.1, 0.15) is 5.54 Å². The van der Waals surface area contributed by atoms with E-state index in [9.17, 15) is 9.90 Å². The standard InChI is InChI=1S/C15H31N3O2/c1-4-17(5-2)10-7-11-18(6-3)13-8-9-15(16,12-13)14(19)20/h13H,4-12,16H2,1-3H3,(H,19,20). The third-order valence-electron chi connectivity index (χ3n) is 4.69. The van der Waals surface area contributed by atoms with E-state index in [0.717, 1.165) is 45.6 Å². The van der Waals surface area contributed by atoms with Gasteiger partial charge in [0.25, 0.3) is 0 Å². The highest BCUT2D eigenvalue weighted by atomic mass is 16.4. The third kappa shape index (κ3) is 4.43. The lowest BCUT2D eigenvalue weighted by atomic mass is 9.99. The van der Waals surface area contributed by atoms with Gasteiger partial charge in [-0.3, -0.25) is 4.79 Å². The van der Waals surface area contributed by atoms with Gasteiger partial charge in [0.2, 0.25) is 0 Å². The summed E-state index contributed by atoms with van der Waals surface area (Å²) in [7, 11) is 0. The minimum absolute atomic E-state index is 0.331. The van der Waals surface area contributed by atoms with Gasteiger partial charge in [-0.2, -0.15) is 0 Å². The zero-order valence-electron chi connectivity index (χ0n) is 13.3. The monoisotopic (exact) mass is 285 g/mol. The van der Waals surface area contributed by atoms with Crippen LogP contribution in [0.25, 0.3) is 0 Å². The second-order valence-corrected chi connectivity index (χ2v) is 5.87. The van der Waals surface area contributed by atoms with Crippen LogP contribution in [0.3, 0.4) is 0 Å². The minimum atomic E-state index is -1.00. The summed E-state index contributed by atoms with van der Waals surface area (Å²) in [5, 5.41) is 9.21. The predicted octanol–water partition coefficient (Wildman–Crippen LogP) is 1.37. The quantitative estimate of drug-likeness (QED) is 0.670. The zero-order valence-corrected chi connectivity index (χ0v) is 13.3. The van der Waals surface area contributed by atoms with Crippen LogP contribution in [0.4, 0.5) is 0 Å². The average Bonchev–Trinajstić information content (AvgIpc) is 2.83. The van der Waals surface area contributed by atoms with Gasteiger partial charge in [0.05, 0.1) is 0 Å². The van der Waals surface area contributed by atoms with Crippen LogP contribution in [0.2, 0.25) is 0 Å². The molecule has 0 aromatic heterocycles. The van der Waals surface area contributed by atoms with Crippen molar-refractivity contribution in [3.8, 4) is 0 Å². The van der Waals surface area contributed by atoms with E-state index in [1.807, 2.05) is 0 Å². The predicted molar refractivity (Wildman–Crippen MR) is 81.8 cm³/mol. The van der Waals surface area contributed by atoms with Crippen LogP contribution in [0.15, 0.2) is 0 Å². The SMILES string of the molecule is CCN(CC)CCCN(CC)C1CCC(N)(C(=O)O)C1. The molecule has 0 amide bonds. The number of nitrogens with zero attached hydrogens (tertiary/aromatic N) is 2. The average molecular weight is 285 g/mol. The summed E-state index contributed by atoms with van der Waals surface area (Å²) in [6.45, 7) is 11.8. The second kappa shape index (κ2) is 7.96. The molecule has 1 rings (SSSR count). The summed E-state index contributed by atoms with van der Waals surface area (Å²) in [6, 6.07) is 0.331. The van der Waals surface area contributed by atoms with Crippen LogP contribution in [0.1, 0.15) is 46.5 Å². The van der Waals surface area contributed by atoms with Gasteiger partial charge in [0, 0.05) is 6.04 Å². The normalized spacial score (nSPS) is 26.6. The van der Waals surface area contributed by atoms with E-state index in [2.05, 4.69) is 30.6 Å². The van der Waals surface area contributed by atoms with Crippen LogP contribution in [-0.4, -0.2) is 65.2 Å². The Bertz CT molecular complexity index is 307. The van der Waals surface area contributed by atoms with Crippen molar-refractivity contribution in [3.63, 3.8) is 0 Å². The van der Waals surface area contributed by atoms with Gasteiger partial charge in [-0.1, -0.05) is 20.8 Å². The van der Waals surface area contributed by atoms with E-state index in [4.69, 9.17) is 5.73 Å². The number of carbonyl (C=O) groups is 1. The van der Waals surface area contributed by atoms with Crippen molar-refractivity contribution in [1.29, 1.82) is 0 Å². The summed E-state index contributed by atoms with van der Waals surface area (Å²) in [4.78, 5) is 16.0. The number of aliphatic carboxylic acids is 1. The van der Waals surface area contributed by atoms with E-state index in [-0.39, 0.29) is 0 Å². The first-order valence-electron chi connectivity index (χ1n) is 7.95. The fourth-order valence-corrected chi connectivity index (χ4v) is 3.19. The fourth-order valence-electron chi connectivity index (χ4n) is 3.19. The Labute approximate surface area is 123 Å². The number of nitrogens with two attached hydrogens (primary N) is 1. The molecule has 1 aliphatic rings. The van der Waals surface area contributed by atoms with Crippen molar-refractivity contribution in [2.75, 3.05) is 32.7 Å². The molecule has 0 spiro atoms. The summed E-state index contributed by atoms with van der Waals surface area (Å²) in [6.07, 6.45) is 3.22. The molecule has 0 saturated heterocycles. The Morgan fingerprint density at radius 2 is 1.90 bits per heavy atom. The van der Waals surface area contributed by atoms with Crippen molar-refractivity contribution in [3.05, 3.63) is 0 Å². The van der Waals surface area contributed by atoms with Crippen LogP contribution < -0.4 is 5.73 Å². The molecule has 118 valence electrons. The number of carboxylic acid groups (broad SMARTS) is 1. The molecule has 0 aromatic carbocycles. The molecular formula is C15H31N3O2. The molecule has 0 aromatic rings. The van der Waals surface area contributed by atoms with Crippen LogP contribution in [-0.2, 0) is 4.79 Å². The molecule has 2 atom stereocenters. The topological polar surface area (TPSA) is 69.8 Å². The Balaban J connectivity index is 2.42. The molecule has 5 nitrogen and oxygen atoms in total. The first kappa shape index (κ1) is 17.4. The Morgan fingerprint density at radius 1 is 1.25 bits per heavy atom. The highest BCUT2D eigenvalue weighted by molar-refractivity contribution is 5.79. The molecular weight excluding hydrogens is 254 g/mol. The summed E-state index contributed by atoms with van der Waals surface area (Å²) in [5.41, 5.74) is 4.97. The van der Waals surface area contributed by atoms with Gasteiger partial charge in [0.15, 0.2) is 0 Å². The van der Waals surface area contributed by atoms with E-state index in [1.54, 1.807) is 0 Å². The molecule has 1 saturated carbocycles. The van der Waals surface area contributed by atoms with Gasteiger partial charge < -0.3 is 20.6 Å². The fraction of sp³-hybridized carbons (Fsp3) is 0.933. The van der Waals surface area contributed by atoms with Crippen LogP contribution in [0, 0.1) is 0 Å². The Kier molecular flexibility index (Phi) is 6.92. The van der Waals surface area contributed by atoms with E-state index < -0.39 is 11.5 Å². The first-order chi connectivity index (χ1) is 9.46. The summed E-state index contributed by atoms with van der Waals surface area (Å²) < 4.78 is 0. The first-order valence-corrected chi connectivity index (χ1v) is 7.95. The van der Waals surface area contributed by atoms with Crippen molar-refractivity contribution in [1.82, 2.24) is 9.80 Å². The molecule has 0 bridgehead atoms. The molecule has 3 N–H and O–H groups in total. The molecule has 20 heavy (non-hydrogen) atoms. The highest BCUT2D eigenvalue weighted by Crippen LogP contribution is 2.31. The third-order valence-corrected chi connectivity index (χ3v) is 4.69. The second-order valence-electron chi connectivity index (χ2n) is 5.87. The lowest BCUT2D eigenvalue weighted by Gasteiger charge is -2.29. The number of hydrogen-bond acceptors (Lipinski definition) is 4. The van der Waals surface area contributed by atoms with E-state index in [0.29, 0.717) is 18.9 Å². The number of rotatable bonds is 9. The maximum Gasteiger partial charge on any atom is 0.323 e. The van der Waals surface area contributed by atoms with Crippen LogP contribution in [0.5, 0.6) is 0 Å². The van der Waals surface area contributed by atoms with Gasteiger partial charge >= 0.3 is 5.97 Å². The minimum Gasteiger partial charge on any atom is -0.480 e. The van der Waals surface area contributed by atoms with Crippen molar-refractivity contribution < 1.29 is 9.90 Å². The summed E-state index contributed by atoms with van der Waals surface area (Å²) in [5.74, 6) is -0.848. The molecule has 0 radical (unpaired) electrons.